The average Bonchev–Trinajstić information content (AvgIpc) is 2.35. The zero-order valence-electron chi connectivity index (χ0n) is 9.92. The maximum atomic E-state index is 11.4. The van der Waals surface area contributed by atoms with Gasteiger partial charge in [0.25, 0.3) is 0 Å². The van der Waals surface area contributed by atoms with E-state index in [1.807, 2.05) is 0 Å². The smallest absolute Gasteiger partial charge is 0.202 e. The van der Waals surface area contributed by atoms with Crippen molar-refractivity contribution >= 4 is 11.8 Å². The van der Waals surface area contributed by atoms with E-state index in [1.165, 1.54) is 0 Å². The van der Waals surface area contributed by atoms with Crippen LogP contribution in [-0.4, -0.2) is 36.5 Å². The van der Waals surface area contributed by atoms with Gasteiger partial charge in [0.05, 0.1) is 25.3 Å². The summed E-state index contributed by atoms with van der Waals surface area (Å²) in [5.74, 6) is 0.114. The summed E-state index contributed by atoms with van der Waals surface area (Å²) in [5.41, 5.74) is 0.710. The van der Waals surface area contributed by atoms with E-state index in [-0.39, 0.29) is 62.4 Å². The number of carbonyl (C=O) groups excluding carboxylic acids is 2. The first kappa shape index (κ1) is 15.4. The molecule has 1 aromatic heterocycles. The van der Waals surface area contributed by atoms with Crippen LogP contribution in [0.3, 0.4) is 0 Å². The zero-order valence-corrected chi connectivity index (χ0v) is 14.7. The summed E-state index contributed by atoms with van der Waals surface area (Å²) >= 11 is 0. The van der Waals surface area contributed by atoms with Crippen molar-refractivity contribution in [3.63, 3.8) is 0 Å². The monoisotopic (exact) mass is 461 g/mol. The molecule has 2 rings (SSSR count). The van der Waals surface area contributed by atoms with Gasteiger partial charge in [-0.1, -0.05) is 0 Å². The van der Waals surface area contributed by atoms with Crippen molar-refractivity contribution < 1.29 is 58.4 Å². The van der Waals surface area contributed by atoms with Gasteiger partial charge in [0.2, 0.25) is 5.91 Å². The maximum absolute atomic E-state index is 11.4. The predicted octanol–water partition coefficient (Wildman–Crippen LogP) is 0.0314. The Morgan fingerprint density at radius 2 is 2.28 bits per heavy atom. The van der Waals surface area contributed by atoms with Crippen LogP contribution in [0.1, 0.15) is 5.69 Å². The van der Waals surface area contributed by atoms with Crippen molar-refractivity contribution in [3.8, 4) is 5.75 Å². The van der Waals surface area contributed by atoms with E-state index < -0.39 is 6.04 Å². The molecule has 1 aromatic rings. The van der Waals surface area contributed by atoms with E-state index in [9.17, 15) is 9.59 Å². The van der Waals surface area contributed by atoms with Gasteiger partial charge in [-0.3, -0.25) is 9.78 Å². The van der Waals surface area contributed by atoms with Crippen molar-refractivity contribution in [1.29, 1.82) is 0 Å². The van der Waals surface area contributed by atoms with E-state index in [2.05, 4.69) is 15.6 Å². The Hall–Kier alpha value is -0.668. The summed E-state index contributed by atoms with van der Waals surface area (Å²) in [7, 11) is 1.56. The second-order valence-corrected chi connectivity index (χ2v) is 3.67. The second-order valence-electron chi connectivity index (χ2n) is 3.67. The van der Waals surface area contributed by atoms with Gasteiger partial charge < -0.3 is 20.2 Å². The molecule has 1 aliphatic heterocycles. The van der Waals surface area contributed by atoms with Crippen molar-refractivity contribution in [2.75, 3.05) is 13.7 Å². The molecule has 0 bridgehead atoms. The third-order valence-corrected chi connectivity index (χ3v) is 2.46. The number of piperazine rings is 1. The number of carbonyl (C=O) groups is 2. The van der Waals surface area contributed by atoms with Crippen molar-refractivity contribution in [3.05, 3.63) is 29.3 Å². The minimum absolute atomic E-state index is 0. The van der Waals surface area contributed by atoms with Crippen LogP contribution in [0.25, 0.3) is 5.32 Å². The molecule has 7 heteroatoms. The van der Waals surface area contributed by atoms with Gasteiger partial charge in [-0.05, 0) is 18.7 Å². The van der Waals surface area contributed by atoms with Gasteiger partial charge >= 0.3 is 0 Å². The first-order valence-corrected chi connectivity index (χ1v) is 5.18. The summed E-state index contributed by atoms with van der Waals surface area (Å²) in [6, 6.07) is 2.92. The molecule has 0 spiro atoms. The fraction of sp³-hybridized carbons (Fsp3) is 0.364. The Labute approximate surface area is 140 Å². The molecule has 1 atom stereocenters. The quantitative estimate of drug-likeness (QED) is 0.689. The van der Waals surface area contributed by atoms with Gasteiger partial charge in [-0.2, -0.15) is 0 Å². The van der Waals surface area contributed by atoms with E-state index in [4.69, 9.17) is 4.74 Å². The third-order valence-electron chi connectivity index (χ3n) is 2.46. The van der Waals surface area contributed by atoms with E-state index >= 15 is 0 Å². The Morgan fingerprint density at radius 1 is 1.50 bits per heavy atom. The number of ether oxygens (including phenoxy) is 1. The van der Waals surface area contributed by atoms with Gasteiger partial charge in [-0.15, -0.1) is 0 Å². The fourth-order valence-electron chi connectivity index (χ4n) is 1.56. The number of amides is 2. The topological polar surface area (TPSA) is 82.4 Å². The number of rotatable bonds is 3. The van der Waals surface area contributed by atoms with Gasteiger partial charge in [0.1, 0.15) is 5.75 Å². The molecular weight excluding hydrogens is 449 g/mol. The van der Waals surface area contributed by atoms with E-state index in [0.717, 1.165) is 0 Å². The molecule has 1 radical (unpaired) electrons. The third kappa shape index (κ3) is 3.92. The molecule has 18 heavy (non-hydrogen) atoms. The molecular formula is C11H12AcN3O3-. The largest absolute Gasteiger partial charge is 0.644 e. The zero-order chi connectivity index (χ0) is 12.3. The molecule has 1 aliphatic rings. The van der Waals surface area contributed by atoms with Gasteiger partial charge in [0, 0.05) is 56.2 Å². The number of aromatic nitrogens is 1. The average molecular weight is 461 g/mol. The molecule has 2 heterocycles. The maximum Gasteiger partial charge on any atom is 0.202 e. The molecule has 6 nitrogen and oxygen atoms in total. The first-order valence-electron chi connectivity index (χ1n) is 5.18. The van der Waals surface area contributed by atoms with Crippen LogP contribution in [0.4, 0.5) is 0 Å². The number of nitrogens with zero attached hydrogens (tertiary/aromatic N) is 2. The van der Waals surface area contributed by atoms with Gasteiger partial charge in [-0.25, -0.2) is 0 Å². The summed E-state index contributed by atoms with van der Waals surface area (Å²) in [6.07, 6.45) is 1.92. The van der Waals surface area contributed by atoms with Crippen molar-refractivity contribution in [1.82, 2.24) is 10.3 Å². The molecule has 1 N–H and O–H groups in total. The standard InChI is InChI=1S/C11H13N3O3.Ac/c1-17-8-3-2-7(12-5-8)4-9-11(16)13-6-10(15)14-9;/h2-3,5,9H,4,6H2,1H3,(H2,13,14,15,16);/p-1. The van der Waals surface area contributed by atoms with Crippen LogP contribution in [0.5, 0.6) is 5.75 Å². The van der Waals surface area contributed by atoms with Crippen LogP contribution in [0, 0.1) is 44.1 Å². The molecule has 2 amide bonds. The number of hydrogen-bond acceptors (Lipinski definition) is 4. The van der Waals surface area contributed by atoms with Crippen LogP contribution in [0.2, 0.25) is 0 Å². The van der Waals surface area contributed by atoms with E-state index in [0.29, 0.717) is 17.9 Å². The number of hydrogen-bond donors (Lipinski definition) is 1. The van der Waals surface area contributed by atoms with Crippen LogP contribution >= 0.6 is 0 Å². The SMILES string of the molecule is COc1ccc(CC2NC(=O)C[N-]C2=O)nc1.[Ac]. The minimum Gasteiger partial charge on any atom is -0.644 e. The van der Waals surface area contributed by atoms with E-state index in [1.54, 1.807) is 25.4 Å². The number of nitrogens with one attached hydrogen (secondary N) is 1. The molecule has 0 aromatic carbocycles. The Bertz CT molecular complexity index is 436. The number of methoxy groups -OCH3 is 1. The molecule has 93 valence electrons. The van der Waals surface area contributed by atoms with Crippen LogP contribution < -0.4 is 10.1 Å². The predicted molar refractivity (Wildman–Crippen MR) is 59.7 cm³/mol. The molecule has 1 fully saturated rings. The molecule has 1 saturated heterocycles. The normalized spacial score (nSPS) is 18.4. The number of pyridine rings is 1. The van der Waals surface area contributed by atoms with Crippen molar-refractivity contribution in [2.45, 2.75) is 12.5 Å². The molecule has 0 saturated carbocycles. The second kappa shape index (κ2) is 7.05. The van der Waals surface area contributed by atoms with Crippen LogP contribution in [0.15, 0.2) is 18.3 Å². The summed E-state index contributed by atoms with van der Waals surface area (Å²) in [5, 5.41) is 6.21. The Balaban J connectivity index is 0.00000162. The molecule has 0 aliphatic carbocycles. The van der Waals surface area contributed by atoms with Gasteiger partial charge in [0.15, 0.2) is 0 Å². The van der Waals surface area contributed by atoms with Crippen molar-refractivity contribution in [2.24, 2.45) is 0 Å². The fourth-order valence-corrected chi connectivity index (χ4v) is 1.56. The Morgan fingerprint density at radius 3 is 2.89 bits per heavy atom. The molecule has 1 unspecified atom stereocenters. The summed E-state index contributed by atoms with van der Waals surface area (Å²) in [4.78, 5) is 26.7. The summed E-state index contributed by atoms with van der Waals surface area (Å²) in [6.45, 7) is -0.0780. The Kier molecular flexibility index (Phi) is 6.03. The minimum atomic E-state index is -0.600. The summed E-state index contributed by atoms with van der Waals surface area (Å²) < 4.78 is 4.98. The first-order chi connectivity index (χ1) is 8.19. The van der Waals surface area contributed by atoms with Crippen LogP contribution in [-0.2, 0) is 16.0 Å².